The van der Waals surface area contributed by atoms with Crippen molar-refractivity contribution in [3.8, 4) is 0 Å². The van der Waals surface area contributed by atoms with E-state index in [9.17, 15) is 13.2 Å². The molecular formula is C8H8BF3O3. The topological polar surface area (TPSA) is 49.7 Å². The molecule has 0 aromatic heterocycles. The molecular weight excluding hydrogens is 212 g/mol. The maximum atomic E-state index is 12.3. The van der Waals surface area contributed by atoms with Gasteiger partial charge in [-0.15, -0.1) is 0 Å². The van der Waals surface area contributed by atoms with Gasteiger partial charge in [0.05, 0.1) is 0 Å². The van der Waals surface area contributed by atoms with Crippen LogP contribution < -0.4 is 0 Å². The molecule has 2 N–H and O–H groups in total. The third-order valence-electron chi connectivity index (χ3n) is 1.84. The Morgan fingerprint density at radius 2 is 1.87 bits per heavy atom. The minimum atomic E-state index is -2.52. The van der Waals surface area contributed by atoms with Gasteiger partial charge in [-0.3, -0.25) is 0 Å². The van der Waals surface area contributed by atoms with Crippen molar-refractivity contribution in [1.29, 1.82) is 0 Å². The lowest BCUT2D eigenvalue weighted by atomic mass is 9.75. The fraction of sp³-hybridized carbons (Fsp3) is 0.250. The summed E-state index contributed by atoms with van der Waals surface area (Å²) in [6.45, 7) is 0. The van der Waals surface area contributed by atoms with E-state index in [0.29, 0.717) is 5.47 Å². The van der Waals surface area contributed by atoms with Crippen molar-refractivity contribution in [1.82, 2.24) is 0 Å². The Labute approximate surface area is 84.3 Å². The molecule has 82 valence electrons. The van der Waals surface area contributed by atoms with E-state index in [1.165, 1.54) is 12.2 Å². The van der Waals surface area contributed by atoms with E-state index in [1.54, 1.807) is 0 Å². The van der Waals surface area contributed by atoms with Gasteiger partial charge in [-0.25, -0.2) is 0 Å². The van der Waals surface area contributed by atoms with Crippen LogP contribution in [0.4, 0.5) is 13.2 Å². The summed E-state index contributed by atoms with van der Waals surface area (Å²) in [5.74, 6) is 0.0182. The van der Waals surface area contributed by atoms with Gasteiger partial charge in [0, 0.05) is 6.42 Å². The van der Waals surface area contributed by atoms with Gasteiger partial charge in [0.25, 0.3) is 0 Å². The van der Waals surface area contributed by atoms with Gasteiger partial charge >= 0.3 is 19.2 Å². The van der Waals surface area contributed by atoms with E-state index < -0.39 is 19.2 Å². The zero-order chi connectivity index (χ0) is 11.4. The van der Waals surface area contributed by atoms with Gasteiger partial charge < -0.3 is 14.8 Å². The van der Waals surface area contributed by atoms with E-state index in [-0.39, 0.29) is 18.6 Å². The summed E-state index contributed by atoms with van der Waals surface area (Å²) in [6, 6.07) is -1.93. The predicted molar refractivity (Wildman–Crippen MR) is 47.0 cm³/mol. The van der Waals surface area contributed by atoms with Crippen LogP contribution in [0.2, 0.25) is 0 Å². The average Bonchev–Trinajstić information content (AvgIpc) is 2.18. The molecule has 0 aliphatic heterocycles. The summed E-state index contributed by atoms with van der Waals surface area (Å²) in [6.07, 6.45) is 0.371. The van der Waals surface area contributed by atoms with Crippen LogP contribution in [-0.4, -0.2) is 17.2 Å². The second-order valence-electron chi connectivity index (χ2n) is 2.88. The highest BCUT2D eigenvalue weighted by molar-refractivity contribution is 6.50. The molecule has 0 aromatic rings. The third kappa shape index (κ3) is 3.45. The lowest BCUT2D eigenvalue weighted by molar-refractivity contribution is 0.169. The van der Waals surface area contributed by atoms with Crippen molar-refractivity contribution in [2.24, 2.45) is 0 Å². The largest absolute Gasteiger partial charge is 0.484 e. The summed E-state index contributed by atoms with van der Waals surface area (Å²) in [4.78, 5) is 0. The SMILES string of the molecule is OB(O)C1=CC=C(OC(F)=C(F)F)CC1. The van der Waals surface area contributed by atoms with Gasteiger partial charge in [-0.05, 0) is 18.0 Å². The smallest absolute Gasteiger partial charge is 0.432 e. The first-order valence-electron chi connectivity index (χ1n) is 4.15. The molecule has 1 aliphatic rings. The van der Waals surface area contributed by atoms with Crippen molar-refractivity contribution >= 4 is 7.12 Å². The minimum absolute atomic E-state index is 0.0182. The van der Waals surface area contributed by atoms with E-state index >= 15 is 0 Å². The Hall–Kier alpha value is -1.21. The molecule has 0 aromatic carbocycles. The minimum Gasteiger partial charge on any atom is -0.432 e. The van der Waals surface area contributed by atoms with Gasteiger partial charge in [0.2, 0.25) is 0 Å². The lowest BCUT2D eigenvalue weighted by Crippen LogP contribution is -2.17. The fourth-order valence-corrected chi connectivity index (χ4v) is 1.09. The standard InChI is InChI=1S/C8H8BF3O3/c10-7(11)8(12)15-6-3-1-5(2-4-6)9(13)14/h1,3,13-14H,2,4H2. The fourth-order valence-electron chi connectivity index (χ4n) is 1.09. The molecule has 0 saturated carbocycles. The summed E-state index contributed by atoms with van der Waals surface area (Å²) in [5.41, 5.74) is 0.326. The molecule has 15 heavy (non-hydrogen) atoms. The van der Waals surface area contributed by atoms with Crippen LogP contribution in [0.25, 0.3) is 0 Å². The number of hydrogen-bond donors (Lipinski definition) is 2. The number of allylic oxidation sites excluding steroid dienone is 4. The van der Waals surface area contributed by atoms with Gasteiger partial charge in [-0.1, -0.05) is 6.08 Å². The molecule has 1 rings (SSSR count). The molecule has 0 radical (unpaired) electrons. The van der Waals surface area contributed by atoms with Gasteiger partial charge in [0.1, 0.15) is 5.76 Å². The Morgan fingerprint density at radius 1 is 1.20 bits per heavy atom. The van der Waals surface area contributed by atoms with Crippen LogP contribution in [0.5, 0.6) is 0 Å². The molecule has 0 atom stereocenters. The predicted octanol–water partition coefficient (Wildman–Crippen LogP) is 1.65. The zero-order valence-electron chi connectivity index (χ0n) is 7.58. The van der Waals surface area contributed by atoms with Crippen molar-refractivity contribution in [2.75, 3.05) is 0 Å². The summed E-state index contributed by atoms with van der Waals surface area (Å²) in [5, 5.41) is 17.5. The summed E-state index contributed by atoms with van der Waals surface area (Å²) in [7, 11) is -1.58. The van der Waals surface area contributed by atoms with E-state index in [1.807, 2.05) is 0 Å². The van der Waals surface area contributed by atoms with Crippen LogP contribution in [0, 0.1) is 0 Å². The monoisotopic (exact) mass is 220 g/mol. The van der Waals surface area contributed by atoms with Gasteiger partial charge in [0.15, 0.2) is 0 Å². The second-order valence-corrected chi connectivity index (χ2v) is 2.88. The number of rotatable bonds is 3. The van der Waals surface area contributed by atoms with Crippen LogP contribution in [0.3, 0.4) is 0 Å². The van der Waals surface area contributed by atoms with E-state index in [2.05, 4.69) is 4.74 Å². The number of ether oxygens (including phenoxy) is 1. The van der Waals surface area contributed by atoms with Crippen molar-refractivity contribution in [2.45, 2.75) is 12.8 Å². The second kappa shape index (κ2) is 5.04. The lowest BCUT2D eigenvalue weighted by Gasteiger charge is -2.13. The molecule has 3 nitrogen and oxygen atoms in total. The molecule has 0 unspecified atom stereocenters. The summed E-state index contributed by atoms with van der Waals surface area (Å²) >= 11 is 0. The molecule has 0 fully saturated rings. The first-order valence-corrected chi connectivity index (χ1v) is 4.15. The van der Waals surface area contributed by atoms with Crippen LogP contribution in [-0.2, 0) is 4.74 Å². The Bertz CT molecular complexity index is 332. The Morgan fingerprint density at radius 3 is 2.27 bits per heavy atom. The van der Waals surface area contributed by atoms with E-state index in [4.69, 9.17) is 10.0 Å². The molecule has 0 saturated heterocycles. The molecule has 1 aliphatic carbocycles. The van der Waals surface area contributed by atoms with Crippen LogP contribution >= 0.6 is 0 Å². The maximum Gasteiger partial charge on any atom is 0.484 e. The normalized spacial score (nSPS) is 15.3. The molecule has 0 amide bonds. The van der Waals surface area contributed by atoms with Gasteiger partial charge in [-0.2, -0.15) is 13.2 Å². The average molecular weight is 220 g/mol. The quantitative estimate of drug-likeness (QED) is 0.561. The first kappa shape index (κ1) is 11.9. The Balaban J connectivity index is 2.65. The first-order chi connectivity index (χ1) is 7.00. The highest BCUT2D eigenvalue weighted by atomic mass is 19.3. The molecule has 0 heterocycles. The van der Waals surface area contributed by atoms with Crippen LogP contribution in [0.1, 0.15) is 12.8 Å². The zero-order valence-corrected chi connectivity index (χ0v) is 7.58. The maximum absolute atomic E-state index is 12.3. The van der Waals surface area contributed by atoms with E-state index in [0.717, 1.165) is 0 Å². The highest BCUT2D eigenvalue weighted by Crippen LogP contribution is 2.23. The Kier molecular flexibility index (Phi) is 3.99. The number of halogens is 3. The van der Waals surface area contributed by atoms with Crippen molar-refractivity contribution < 1.29 is 28.0 Å². The number of hydrogen-bond acceptors (Lipinski definition) is 3. The van der Waals surface area contributed by atoms with Crippen molar-refractivity contribution in [3.05, 3.63) is 35.5 Å². The molecule has 0 bridgehead atoms. The molecule has 7 heteroatoms. The van der Waals surface area contributed by atoms with Crippen molar-refractivity contribution in [3.63, 3.8) is 0 Å². The molecule has 0 spiro atoms. The van der Waals surface area contributed by atoms with Crippen LogP contribution in [0.15, 0.2) is 35.5 Å². The highest BCUT2D eigenvalue weighted by Gasteiger charge is 2.19. The third-order valence-corrected chi connectivity index (χ3v) is 1.84. The summed E-state index contributed by atoms with van der Waals surface area (Å²) < 4.78 is 39.8.